The van der Waals surface area contributed by atoms with Crippen LogP contribution < -0.4 is 5.56 Å². The Bertz CT molecular complexity index is 945. The summed E-state index contributed by atoms with van der Waals surface area (Å²) in [4.78, 5) is 16.7. The Balaban J connectivity index is 1.64. The van der Waals surface area contributed by atoms with Crippen LogP contribution in [-0.2, 0) is 17.9 Å². The van der Waals surface area contributed by atoms with Gasteiger partial charge >= 0.3 is 0 Å². The Labute approximate surface area is 151 Å². The Morgan fingerprint density at radius 3 is 2.88 bits per heavy atom. The molecule has 0 fully saturated rings. The van der Waals surface area contributed by atoms with Gasteiger partial charge in [0.2, 0.25) is 0 Å². The van der Waals surface area contributed by atoms with Gasteiger partial charge in [-0.15, -0.1) is 0 Å². The number of rotatable bonds is 6. The van der Waals surface area contributed by atoms with E-state index in [2.05, 4.69) is 20.9 Å². The van der Waals surface area contributed by atoms with Crippen LogP contribution >= 0.6 is 15.9 Å². The van der Waals surface area contributed by atoms with Gasteiger partial charge in [-0.3, -0.25) is 9.36 Å². The maximum atomic E-state index is 13.5. The number of aliphatic hydroxyl groups excluding tert-OH is 1. The summed E-state index contributed by atoms with van der Waals surface area (Å²) in [6.45, 7) is 0.0877. The van der Waals surface area contributed by atoms with E-state index in [4.69, 9.17) is 4.74 Å². The highest BCUT2D eigenvalue weighted by Crippen LogP contribution is 2.15. The number of fused-ring (bicyclic) bond motifs is 1. The predicted molar refractivity (Wildman–Crippen MR) is 95.8 cm³/mol. The average molecular weight is 407 g/mol. The van der Waals surface area contributed by atoms with Crippen LogP contribution in [0.2, 0.25) is 0 Å². The number of nitrogens with zero attached hydrogens (tertiary/aromatic N) is 2. The normalized spacial score (nSPS) is 12.4. The molecule has 1 unspecified atom stereocenters. The summed E-state index contributed by atoms with van der Waals surface area (Å²) in [6, 6.07) is 11.6. The number of hydrogen-bond donors (Lipinski definition) is 1. The minimum atomic E-state index is -0.907. The topological polar surface area (TPSA) is 64.4 Å². The third-order valence-electron chi connectivity index (χ3n) is 3.72. The Morgan fingerprint density at radius 1 is 1.28 bits per heavy atom. The SMILES string of the molecule is O=c1c2cc(Br)ccc2ncn1CC(O)COCc1ccccc1F. The van der Waals surface area contributed by atoms with Crippen molar-refractivity contribution in [2.24, 2.45) is 0 Å². The van der Waals surface area contributed by atoms with Gasteiger partial charge in [-0.2, -0.15) is 0 Å². The molecule has 0 radical (unpaired) electrons. The Morgan fingerprint density at radius 2 is 2.08 bits per heavy atom. The summed E-state index contributed by atoms with van der Waals surface area (Å²) in [5, 5.41) is 10.6. The van der Waals surface area contributed by atoms with Crippen LogP contribution in [0.5, 0.6) is 0 Å². The van der Waals surface area contributed by atoms with Crippen LogP contribution in [0, 0.1) is 5.82 Å². The van der Waals surface area contributed by atoms with Gasteiger partial charge in [-0.25, -0.2) is 9.37 Å². The first-order valence-corrected chi connectivity index (χ1v) is 8.48. The molecule has 0 spiro atoms. The van der Waals surface area contributed by atoms with Gasteiger partial charge in [0.25, 0.3) is 5.56 Å². The van der Waals surface area contributed by atoms with Crippen molar-refractivity contribution >= 4 is 26.8 Å². The van der Waals surface area contributed by atoms with E-state index in [9.17, 15) is 14.3 Å². The largest absolute Gasteiger partial charge is 0.389 e. The van der Waals surface area contributed by atoms with E-state index in [0.717, 1.165) is 4.47 Å². The zero-order chi connectivity index (χ0) is 17.8. The van der Waals surface area contributed by atoms with Crippen molar-refractivity contribution in [3.8, 4) is 0 Å². The van der Waals surface area contributed by atoms with Crippen molar-refractivity contribution in [3.63, 3.8) is 0 Å². The molecule has 3 aromatic rings. The van der Waals surface area contributed by atoms with E-state index < -0.39 is 6.10 Å². The molecule has 0 saturated carbocycles. The summed E-state index contributed by atoms with van der Waals surface area (Å²) in [6.07, 6.45) is 0.495. The minimum Gasteiger partial charge on any atom is -0.389 e. The van der Waals surface area contributed by atoms with Gasteiger partial charge in [0.1, 0.15) is 5.82 Å². The molecule has 5 nitrogen and oxygen atoms in total. The second-order valence-corrected chi connectivity index (χ2v) is 6.54. The van der Waals surface area contributed by atoms with Gasteiger partial charge in [-0.05, 0) is 24.3 Å². The summed E-state index contributed by atoms with van der Waals surface area (Å²) in [5.41, 5.74) is 0.776. The molecule has 0 saturated heterocycles. The molecule has 3 rings (SSSR count). The number of aliphatic hydroxyl groups is 1. The van der Waals surface area contributed by atoms with Gasteiger partial charge in [0, 0.05) is 10.0 Å². The lowest BCUT2D eigenvalue weighted by atomic mass is 10.2. The second kappa shape index (κ2) is 7.86. The molecule has 0 aliphatic rings. The molecule has 1 N–H and O–H groups in total. The highest BCUT2D eigenvalue weighted by atomic mass is 79.9. The number of ether oxygens (including phenoxy) is 1. The monoisotopic (exact) mass is 406 g/mol. The molecule has 130 valence electrons. The minimum absolute atomic E-state index is 0.0166. The number of halogens is 2. The maximum Gasteiger partial charge on any atom is 0.261 e. The highest BCUT2D eigenvalue weighted by molar-refractivity contribution is 9.10. The van der Waals surface area contributed by atoms with Crippen molar-refractivity contribution in [2.75, 3.05) is 6.61 Å². The number of hydrogen-bond acceptors (Lipinski definition) is 4. The Kier molecular flexibility index (Phi) is 5.57. The first kappa shape index (κ1) is 17.7. The maximum absolute atomic E-state index is 13.5. The van der Waals surface area contributed by atoms with Crippen molar-refractivity contribution in [1.82, 2.24) is 9.55 Å². The molecular weight excluding hydrogens is 391 g/mol. The second-order valence-electron chi connectivity index (χ2n) is 5.62. The molecule has 1 atom stereocenters. The zero-order valence-corrected chi connectivity index (χ0v) is 14.8. The van der Waals surface area contributed by atoms with Crippen LogP contribution in [0.25, 0.3) is 10.9 Å². The zero-order valence-electron chi connectivity index (χ0n) is 13.2. The number of benzene rings is 2. The molecule has 1 heterocycles. The van der Waals surface area contributed by atoms with Crippen molar-refractivity contribution in [3.05, 3.63) is 75.0 Å². The fraction of sp³-hybridized carbons (Fsp3) is 0.222. The summed E-state index contributed by atoms with van der Waals surface area (Å²) >= 11 is 3.33. The highest BCUT2D eigenvalue weighted by Gasteiger charge is 2.10. The van der Waals surface area contributed by atoms with Gasteiger partial charge in [-0.1, -0.05) is 34.1 Å². The lowest BCUT2D eigenvalue weighted by Gasteiger charge is -2.13. The first-order chi connectivity index (χ1) is 12.0. The summed E-state index contributed by atoms with van der Waals surface area (Å²) < 4.78 is 21.0. The molecule has 0 aliphatic heterocycles. The first-order valence-electron chi connectivity index (χ1n) is 7.68. The smallest absolute Gasteiger partial charge is 0.261 e. The molecule has 0 amide bonds. The van der Waals surface area contributed by atoms with Crippen molar-refractivity contribution < 1.29 is 14.2 Å². The third-order valence-corrected chi connectivity index (χ3v) is 4.21. The van der Waals surface area contributed by atoms with Gasteiger partial charge in [0.15, 0.2) is 0 Å². The van der Waals surface area contributed by atoms with E-state index in [-0.39, 0.29) is 31.1 Å². The average Bonchev–Trinajstić information content (AvgIpc) is 2.59. The molecule has 0 aliphatic carbocycles. The van der Waals surface area contributed by atoms with E-state index in [0.29, 0.717) is 16.5 Å². The van der Waals surface area contributed by atoms with Crippen molar-refractivity contribution in [1.29, 1.82) is 0 Å². The lowest BCUT2D eigenvalue weighted by molar-refractivity contribution is 0.0189. The molecule has 25 heavy (non-hydrogen) atoms. The summed E-state index contributed by atoms with van der Waals surface area (Å²) in [7, 11) is 0. The predicted octanol–water partition coefficient (Wildman–Crippen LogP) is 2.88. The van der Waals surface area contributed by atoms with Crippen molar-refractivity contribution in [2.45, 2.75) is 19.3 Å². The fourth-order valence-corrected chi connectivity index (χ4v) is 2.82. The van der Waals surface area contributed by atoms with E-state index in [1.165, 1.54) is 17.0 Å². The van der Waals surface area contributed by atoms with Gasteiger partial charge in [0.05, 0.1) is 43.1 Å². The third kappa shape index (κ3) is 4.31. The molecule has 1 aromatic heterocycles. The lowest BCUT2D eigenvalue weighted by Crippen LogP contribution is -2.29. The number of aromatic nitrogens is 2. The van der Waals surface area contributed by atoms with Crippen LogP contribution in [0.1, 0.15) is 5.56 Å². The molecule has 0 bridgehead atoms. The van der Waals surface area contributed by atoms with Gasteiger partial charge < -0.3 is 9.84 Å². The van der Waals surface area contributed by atoms with E-state index in [1.807, 2.05) is 6.07 Å². The standard InChI is InChI=1S/C18H16BrFN2O3/c19-13-5-6-17-15(7-13)18(24)22(11-21-17)8-14(23)10-25-9-12-3-1-2-4-16(12)20/h1-7,11,14,23H,8-10H2. The van der Waals surface area contributed by atoms with E-state index >= 15 is 0 Å². The van der Waals surface area contributed by atoms with Crippen LogP contribution in [0.3, 0.4) is 0 Å². The fourth-order valence-electron chi connectivity index (χ4n) is 2.46. The molecule has 7 heteroatoms. The van der Waals surface area contributed by atoms with E-state index in [1.54, 1.807) is 30.3 Å². The molecular formula is C18H16BrFN2O3. The summed E-state index contributed by atoms with van der Waals surface area (Å²) in [5.74, 6) is -0.350. The Hall–Kier alpha value is -2.09. The van der Waals surface area contributed by atoms with Crippen LogP contribution in [0.15, 0.2) is 58.1 Å². The van der Waals surface area contributed by atoms with Crippen LogP contribution in [0.4, 0.5) is 4.39 Å². The van der Waals surface area contributed by atoms with Crippen LogP contribution in [-0.4, -0.2) is 27.4 Å². The molecule has 2 aromatic carbocycles. The quantitative estimate of drug-likeness (QED) is 0.683.